The molecule has 0 bridgehead atoms. The number of anilines is 1. The zero-order chi connectivity index (χ0) is 18.4. The normalized spacial score (nSPS) is 13.8. The number of hydrogen-bond acceptors (Lipinski definition) is 7. The van der Waals surface area contributed by atoms with Gasteiger partial charge in [0, 0.05) is 32.9 Å². The number of carbonyl (C=O) groups is 4. The number of carbonyl (C=O) groups excluding carboxylic acids is 4. The van der Waals surface area contributed by atoms with Crippen LogP contribution in [-0.4, -0.2) is 67.5 Å². The van der Waals surface area contributed by atoms with Crippen LogP contribution in [0, 0.1) is 0 Å². The fraction of sp³-hybridized carbons (Fsp3) is 0.375. The minimum Gasteiger partial charge on any atom is -0.452 e. The molecule has 1 aromatic carbocycles. The van der Waals surface area contributed by atoms with E-state index in [-0.39, 0.29) is 30.0 Å². The molecule has 0 unspecified atom stereocenters. The quantitative estimate of drug-likeness (QED) is 0.711. The highest BCUT2D eigenvalue weighted by Gasteiger charge is 2.29. The van der Waals surface area contributed by atoms with E-state index < -0.39 is 18.5 Å². The number of hydrogen-bond donors (Lipinski definition) is 1. The maximum atomic E-state index is 12.0. The highest BCUT2D eigenvalue weighted by Crippen LogP contribution is 2.17. The average Bonchev–Trinajstić information content (AvgIpc) is 2.91. The lowest BCUT2D eigenvalue weighted by atomic mass is 10.2. The summed E-state index contributed by atoms with van der Waals surface area (Å²) in [7, 11) is 3.71. The first-order chi connectivity index (χ1) is 11.9. The van der Waals surface area contributed by atoms with Gasteiger partial charge in [-0.1, -0.05) is 17.8 Å². The van der Waals surface area contributed by atoms with E-state index >= 15 is 0 Å². The Morgan fingerprint density at radius 2 is 2.08 bits per heavy atom. The Kier molecular flexibility index (Phi) is 6.40. The molecule has 0 aliphatic carbocycles. The summed E-state index contributed by atoms with van der Waals surface area (Å²) in [5.74, 6) is -1.23. The molecule has 25 heavy (non-hydrogen) atoms. The molecule has 3 amide bonds. The van der Waals surface area contributed by atoms with Crippen LogP contribution >= 0.6 is 11.8 Å². The number of benzene rings is 1. The lowest BCUT2D eigenvalue weighted by Crippen LogP contribution is -2.38. The molecule has 1 saturated heterocycles. The van der Waals surface area contributed by atoms with E-state index in [1.807, 2.05) is 25.1 Å². The second-order valence-electron chi connectivity index (χ2n) is 5.47. The van der Waals surface area contributed by atoms with Gasteiger partial charge in [-0.2, -0.15) is 0 Å². The summed E-state index contributed by atoms with van der Waals surface area (Å²) >= 11 is 0.939. The number of nitrogens with zero attached hydrogens (tertiary/aromatic N) is 2. The number of thioether (sulfide) groups is 1. The van der Waals surface area contributed by atoms with Gasteiger partial charge in [0.2, 0.25) is 5.91 Å². The van der Waals surface area contributed by atoms with Gasteiger partial charge in [0.05, 0.1) is 11.3 Å². The van der Waals surface area contributed by atoms with Crippen molar-refractivity contribution in [3.63, 3.8) is 0 Å². The molecule has 0 radical (unpaired) electrons. The molecule has 0 atom stereocenters. The molecule has 0 spiro atoms. The first kappa shape index (κ1) is 18.8. The lowest BCUT2D eigenvalue weighted by Gasteiger charge is -2.14. The fourth-order valence-electron chi connectivity index (χ4n) is 2.08. The Labute approximate surface area is 149 Å². The van der Waals surface area contributed by atoms with Crippen LogP contribution in [0.15, 0.2) is 24.3 Å². The van der Waals surface area contributed by atoms with Crippen molar-refractivity contribution in [2.45, 2.75) is 0 Å². The van der Waals surface area contributed by atoms with Crippen LogP contribution in [0.5, 0.6) is 0 Å². The molecule has 1 aromatic rings. The van der Waals surface area contributed by atoms with E-state index in [0.29, 0.717) is 5.56 Å². The first-order valence-corrected chi connectivity index (χ1v) is 8.55. The van der Waals surface area contributed by atoms with Crippen molar-refractivity contribution >= 4 is 40.5 Å². The number of esters is 1. The summed E-state index contributed by atoms with van der Waals surface area (Å²) in [5, 5.41) is 2.19. The molecule has 134 valence electrons. The predicted octanol–water partition coefficient (Wildman–Crippen LogP) is 0.721. The maximum absolute atomic E-state index is 12.0. The number of amides is 3. The zero-order valence-corrected chi connectivity index (χ0v) is 14.8. The maximum Gasteiger partial charge on any atom is 0.338 e. The van der Waals surface area contributed by atoms with Gasteiger partial charge >= 0.3 is 5.97 Å². The number of nitrogens with one attached hydrogen (secondary N) is 1. The van der Waals surface area contributed by atoms with Crippen molar-refractivity contribution < 1.29 is 23.9 Å². The summed E-state index contributed by atoms with van der Waals surface area (Å²) in [6, 6.07) is 6.86. The van der Waals surface area contributed by atoms with Crippen LogP contribution in [0.4, 0.5) is 10.5 Å². The Bertz CT molecular complexity index is 676. The standard InChI is InChI=1S/C16H19N3O5S/c1-18(2)12-5-3-4-11(8-12)15(22)24-9-13(20)17-6-7-19-14(21)10-25-16(19)23/h3-5,8H,6-7,9-10H2,1-2H3,(H,17,20). The molecule has 1 heterocycles. The van der Waals surface area contributed by atoms with Gasteiger partial charge in [-0.05, 0) is 18.2 Å². The summed E-state index contributed by atoms with van der Waals surface area (Å²) < 4.78 is 4.97. The number of rotatable bonds is 7. The third-order valence-corrected chi connectivity index (χ3v) is 4.29. The van der Waals surface area contributed by atoms with Gasteiger partial charge in [0.1, 0.15) is 0 Å². The molecule has 9 heteroatoms. The van der Waals surface area contributed by atoms with Gasteiger partial charge in [-0.25, -0.2) is 4.79 Å². The molecule has 2 rings (SSSR count). The highest BCUT2D eigenvalue weighted by atomic mass is 32.2. The van der Waals surface area contributed by atoms with Gasteiger partial charge in [0.15, 0.2) is 6.61 Å². The van der Waals surface area contributed by atoms with Crippen molar-refractivity contribution in [2.75, 3.05) is 44.4 Å². The van der Waals surface area contributed by atoms with Crippen LogP contribution in [0.25, 0.3) is 0 Å². The van der Waals surface area contributed by atoms with Crippen molar-refractivity contribution in [2.24, 2.45) is 0 Å². The van der Waals surface area contributed by atoms with Crippen molar-refractivity contribution in [1.82, 2.24) is 10.2 Å². The minimum atomic E-state index is -0.597. The van der Waals surface area contributed by atoms with E-state index in [2.05, 4.69) is 5.32 Å². The Hall–Kier alpha value is -2.55. The molecule has 0 aromatic heterocycles. The molecule has 1 fully saturated rings. The topological polar surface area (TPSA) is 96.0 Å². The SMILES string of the molecule is CN(C)c1cccc(C(=O)OCC(=O)NCCN2C(=O)CSC2=O)c1. The number of imide groups is 1. The van der Waals surface area contributed by atoms with E-state index in [9.17, 15) is 19.2 Å². The van der Waals surface area contributed by atoms with E-state index in [1.165, 1.54) is 0 Å². The zero-order valence-electron chi connectivity index (χ0n) is 14.0. The minimum absolute atomic E-state index is 0.106. The van der Waals surface area contributed by atoms with Crippen LogP contribution in [0.1, 0.15) is 10.4 Å². The van der Waals surface area contributed by atoms with Crippen molar-refractivity contribution in [1.29, 1.82) is 0 Å². The predicted molar refractivity (Wildman–Crippen MR) is 93.6 cm³/mol. The first-order valence-electron chi connectivity index (χ1n) is 7.57. The molecular weight excluding hydrogens is 346 g/mol. The molecule has 1 aliphatic rings. The molecule has 1 N–H and O–H groups in total. The lowest BCUT2D eigenvalue weighted by molar-refractivity contribution is -0.126. The van der Waals surface area contributed by atoms with Gasteiger partial charge in [0.25, 0.3) is 11.1 Å². The summed E-state index contributed by atoms with van der Waals surface area (Å²) in [4.78, 5) is 49.4. The van der Waals surface area contributed by atoms with Crippen molar-refractivity contribution in [3.8, 4) is 0 Å². The number of ether oxygens (including phenoxy) is 1. The molecule has 1 aliphatic heterocycles. The Balaban J connectivity index is 1.74. The average molecular weight is 365 g/mol. The second kappa shape index (κ2) is 8.52. The van der Waals surface area contributed by atoms with Gasteiger partial charge in [-0.3, -0.25) is 19.3 Å². The third-order valence-electron chi connectivity index (χ3n) is 3.43. The fourth-order valence-corrected chi connectivity index (χ4v) is 2.83. The van der Waals surface area contributed by atoms with E-state index in [0.717, 1.165) is 22.3 Å². The molecule has 8 nitrogen and oxygen atoms in total. The van der Waals surface area contributed by atoms with Gasteiger partial charge in [-0.15, -0.1) is 0 Å². The second-order valence-corrected chi connectivity index (χ2v) is 6.40. The summed E-state index contributed by atoms with van der Waals surface area (Å²) in [5.41, 5.74) is 1.20. The van der Waals surface area contributed by atoms with Crippen LogP contribution in [0.3, 0.4) is 0 Å². The van der Waals surface area contributed by atoms with E-state index in [4.69, 9.17) is 4.74 Å². The Morgan fingerprint density at radius 3 is 2.72 bits per heavy atom. The van der Waals surface area contributed by atoms with Gasteiger partial charge < -0.3 is 15.0 Å². The van der Waals surface area contributed by atoms with E-state index in [1.54, 1.807) is 18.2 Å². The summed E-state index contributed by atoms with van der Waals surface area (Å²) in [6.45, 7) is -0.207. The highest BCUT2D eigenvalue weighted by molar-refractivity contribution is 8.14. The van der Waals surface area contributed by atoms with Crippen LogP contribution in [0.2, 0.25) is 0 Å². The summed E-state index contributed by atoms with van der Waals surface area (Å²) in [6.07, 6.45) is 0. The molecule has 0 saturated carbocycles. The largest absolute Gasteiger partial charge is 0.452 e. The molecular formula is C16H19N3O5S. The van der Waals surface area contributed by atoms with Crippen LogP contribution < -0.4 is 10.2 Å². The smallest absolute Gasteiger partial charge is 0.338 e. The van der Waals surface area contributed by atoms with Crippen LogP contribution in [-0.2, 0) is 14.3 Å². The van der Waals surface area contributed by atoms with Crippen molar-refractivity contribution in [3.05, 3.63) is 29.8 Å². The third kappa shape index (κ3) is 5.21. The monoisotopic (exact) mass is 365 g/mol. The Morgan fingerprint density at radius 1 is 1.32 bits per heavy atom.